The molecule has 3 aromatic rings. The Morgan fingerprint density at radius 3 is 2.63 bits per heavy atom. The van der Waals surface area contributed by atoms with Gasteiger partial charge in [-0.05, 0) is 30.7 Å². The molecule has 2 heterocycles. The van der Waals surface area contributed by atoms with Crippen LogP contribution in [0.1, 0.15) is 11.1 Å². The quantitative estimate of drug-likeness (QED) is 0.689. The molecule has 2 aromatic heterocycles. The lowest BCUT2D eigenvalue weighted by Gasteiger charge is -2.07. The Balaban J connectivity index is 2.28. The summed E-state index contributed by atoms with van der Waals surface area (Å²) in [6.07, 6.45) is -1.04. The minimum Gasteiger partial charge on any atom is -0.367 e. The van der Waals surface area contributed by atoms with E-state index in [2.05, 4.69) is 15.0 Å². The van der Waals surface area contributed by atoms with Gasteiger partial charge in [0.25, 0.3) is 0 Å². The van der Waals surface area contributed by atoms with Crippen molar-refractivity contribution in [3.8, 4) is 11.4 Å². The van der Waals surface area contributed by atoms with Gasteiger partial charge < -0.3 is 9.97 Å². The van der Waals surface area contributed by atoms with Gasteiger partial charge >= 0.3 is 6.18 Å². The third-order valence-electron chi connectivity index (χ3n) is 2.91. The van der Waals surface area contributed by atoms with Crippen LogP contribution in [-0.4, -0.2) is 15.0 Å². The fourth-order valence-corrected chi connectivity index (χ4v) is 2.09. The van der Waals surface area contributed by atoms with Crippen LogP contribution in [0, 0.1) is 6.92 Å². The van der Waals surface area contributed by atoms with Crippen LogP contribution in [0.4, 0.5) is 13.2 Å². The summed E-state index contributed by atoms with van der Waals surface area (Å²) < 4.78 is 39.0. The van der Waals surface area contributed by atoms with E-state index in [0.717, 1.165) is 11.6 Å². The molecule has 0 atom stereocenters. The first-order valence-electron chi connectivity index (χ1n) is 5.66. The Hall–Kier alpha value is -2.24. The second-order valence-electron chi connectivity index (χ2n) is 4.39. The molecule has 0 saturated carbocycles. The van der Waals surface area contributed by atoms with Crippen molar-refractivity contribution in [1.82, 2.24) is 15.0 Å². The van der Waals surface area contributed by atoms with E-state index in [1.165, 1.54) is 0 Å². The summed E-state index contributed by atoms with van der Waals surface area (Å²) in [7, 11) is 0. The van der Waals surface area contributed by atoms with Crippen LogP contribution in [0.5, 0.6) is 0 Å². The van der Waals surface area contributed by atoms with Crippen molar-refractivity contribution in [2.75, 3.05) is 0 Å². The van der Waals surface area contributed by atoms with Crippen LogP contribution in [0.2, 0.25) is 0 Å². The molecule has 0 saturated heterocycles. The van der Waals surface area contributed by atoms with Crippen molar-refractivity contribution in [2.45, 2.75) is 13.1 Å². The summed E-state index contributed by atoms with van der Waals surface area (Å²) in [6.45, 7) is 1.63. The molecule has 3 nitrogen and oxygen atoms in total. The van der Waals surface area contributed by atoms with Gasteiger partial charge in [-0.25, -0.2) is 4.98 Å². The number of nitrogens with one attached hydrogen (secondary N) is 2. The molecular weight excluding hydrogens is 255 g/mol. The summed E-state index contributed by atoms with van der Waals surface area (Å²) in [5.41, 5.74) is 0.907. The number of imidazole rings is 1. The standard InChI is InChI=1S/C13H10F3N3/c1-7-4-9(13(14,15)16)11-10(5-7)18-12(19-11)8-2-3-17-6-8/h2-6,17H,1H3,(H,18,19). The van der Waals surface area contributed by atoms with Crippen molar-refractivity contribution in [3.05, 3.63) is 41.7 Å². The van der Waals surface area contributed by atoms with Crippen molar-refractivity contribution in [1.29, 1.82) is 0 Å². The van der Waals surface area contributed by atoms with E-state index >= 15 is 0 Å². The van der Waals surface area contributed by atoms with Crippen LogP contribution in [0.15, 0.2) is 30.6 Å². The molecule has 0 radical (unpaired) electrons. The summed E-state index contributed by atoms with van der Waals surface area (Å²) in [5, 5.41) is 0. The number of benzene rings is 1. The second kappa shape index (κ2) is 3.88. The fraction of sp³-hybridized carbons (Fsp3) is 0.154. The highest BCUT2D eigenvalue weighted by Crippen LogP contribution is 2.35. The molecule has 2 N–H and O–H groups in total. The third kappa shape index (κ3) is 1.99. The molecule has 0 fully saturated rings. The van der Waals surface area contributed by atoms with Crippen LogP contribution in [-0.2, 0) is 6.18 Å². The van der Waals surface area contributed by atoms with Crippen LogP contribution >= 0.6 is 0 Å². The molecule has 0 aliphatic heterocycles. The molecule has 1 aromatic carbocycles. The molecule has 19 heavy (non-hydrogen) atoms. The Labute approximate surface area is 106 Å². The Morgan fingerprint density at radius 1 is 1.21 bits per heavy atom. The van der Waals surface area contributed by atoms with Crippen LogP contribution in [0.25, 0.3) is 22.4 Å². The normalized spacial score (nSPS) is 12.2. The van der Waals surface area contributed by atoms with Crippen molar-refractivity contribution >= 4 is 11.0 Å². The molecule has 0 spiro atoms. The van der Waals surface area contributed by atoms with Gasteiger partial charge in [-0.3, -0.25) is 0 Å². The number of nitrogens with zero attached hydrogens (tertiary/aromatic N) is 1. The average molecular weight is 265 g/mol. The van der Waals surface area contributed by atoms with Gasteiger partial charge in [0.05, 0.1) is 11.1 Å². The molecule has 0 bridgehead atoms. The number of halogens is 3. The third-order valence-corrected chi connectivity index (χ3v) is 2.91. The van der Waals surface area contributed by atoms with Gasteiger partial charge in [0.1, 0.15) is 11.3 Å². The number of aryl methyl sites for hydroxylation is 1. The predicted molar refractivity (Wildman–Crippen MR) is 65.6 cm³/mol. The van der Waals surface area contributed by atoms with Gasteiger partial charge in [0.15, 0.2) is 0 Å². The Bertz CT molecular complexity index is 724. The summed E-state index contributed by atoms with van der Waals surface area (Å²) in [6, 6.07) is 4.52. The van der Waals surface area contributed by atoms with Gasteiger partial charge in [-0.2, -0.15) is 13.2 Å². The number of alkyl halides is 3. The lowest BCUT2D eigenvalue weighted by atomic mass is 10.1. The largest absolute Gasteiger partial charge is 0.418 e. The zero-order chi connectivity index (χ0) is 13.6. The van der Waals surface area contributed by atoms with Crippen LogP contribution < -0.4 is 0 Å². The lowest BCUT2D eigenvalue weighted by molar-refractivity contribution is -0.136. The summed E-state index contributed by atoms with van der Waals surface area (Å²) in [5.74, 6) is 0.423. The fourth-order valence-electron chi connectivity index (χ4n) is 2.09. The number of fused-ring (bicyclic) bond motifs is 1. The van der Waals surface area contributed by atoms with Crippen molar-refractivity contribution in [3.63, 3.8) is 0 Å². The maximum absolute atomic E-state index is 13.0. The molecule has 0 unspecified atom stereocenters. The second-order valence-corrected chi connectivity index (χ2v) is 4.39. The lowest BCUT2D eigenvalue weighted by Crippen LogP contribution is -2.06. The summed E-state index contributed by atoms with van der Waals surface area (Å²) in [4.78, 5) is 9.83. The number of H-pyrrole nitrogens is 2. The first-order chi connectivity index (χ1) is 8.95. The molecule has 6 heteroatoms. The monoisotopic (exact) mass is 265 g/mol. The SMILES string of the molecule is Cc1cc(C(F)(F)F)c2nc(-c3cc[nH]c3)[nH]c2c1. The molecular formula is C13H10F3N3. The minimum absolute atomic E-state index is 0.0469. The number of aromatic nitrogens is 3. The first-order valence-corrected chi connectivity index (χ1v) is 5.66. The molecule has 0 amide bonds. The van der Waals surface area contributed by atoms with E-state index in [-0.39, 0.29) is 5.52 Å². The average Bonchev–Trinajstić information content (AvgIpc) is 2.93. The van der Waals surface area contributed by atoms with E-state index < -0.39 is 11.7 Å². The van der Waals surface area contributed by atoms with Crippen LogP contribution in [0.3, 0.4) is 0 Å². The van der Waals surface area contributed by atoms with Crippen molar-refractivity contribution in [2.24, 2.45) is 0 Å². The van der Waals surface area contributed by atoms with Gasteiger partial charge in [0.2, 0.25) is 0 Å². The zero-order valence-corrected chi connectivity index (χ0v) is 9.97. The smallest absolute Gasteiger partial charge is 0.367 e. The van der Waals surface area contributed by atoms with Crippen molar-refractivity contribution < 1.29 is 13.2 Å². The van der Waals surface area contributed by atoms with E-state index in [0.29, 0.717) is 16.9 Å². The van der Waals surface area contributed by atoms with Gasteiger partial charge in [-0.15, -0.1) is 0 Å². The first kappa shape index (κ1) is 11.8. The maximum Gasteiger partial charge on any atom is 0.418 e. The molecule has 0 aliphatic rings. The number of hydrogen-bond donors (Lipinski definition) is 2. The molecule has 0 aliphatic carbocycles. The van der Waals surface area contributed by atoms with E-state index in [9.17, 15) is 13.2 Å². The number of aromatic amines is 2. The highest BCUT2D eigenvalue weighted by atomic mass is 19.4. The zero-order valence-electron chi connectivity index (χ0n) is 9.97. The minimum atomic E-state index is -4.41. The Morgan fingerprint density at radius 2 is 2.00 bits per heavy atom. The molecule has 3 rings (SSSR count). The highest BCUT2D eigenvalue weighted by molar-refractivity contribution is 5.83. The number of rotatable bonds is 1. The van der Waals surface area contributed by atoms with Gasteiger partial charge in [0, 0.05) is 18.0 Å². The predicted octanol–water partition coefficient (Wildman–Crippen LogP) is 3.89. The number of hydrogen-bond acceptors (Lipinski definition) is 1. The Kier molecular flexibility index (Phi) is 2.41. The van der Waals surface area contributed by atoms with E-state index in [1.54, 1.807) is 31.5 Å². The highest BCUT2D eigenvalue weighted by Gasteiger charge is 2.34. The summed E-state index contributed by atoms with van der Waals surface area (Å²) >= 11 is 0. The van der Waals surface area contributed by atoms with E-state index in [1.807, 2.05) is 0 Å². The topological polar surface area (TPSA) is 44.5 Å². The maximum atomic E-state index is 13.0. The molecule has 98 valence electrons. The van der Waals surface area contributed by atoms with Gasteiger partial charge in [-0.1, -0.05) is 0 Å². The van der Waals surface area contributed by atoms with E-state index in [4.69, 9.17) is 0 Å².